The smallest absolute Gasteiger partial charge is 0.226 e. The number of hydrogen-bond donors (Lipinski definition) is 1. The Morgan fingerprint density at radius 2 is 2.37 bits per heavy atom. The molecule has 5 heteroatoms. The minimum absolute atomic E-state index is 0.0340. The van der Waals surface area contributed by atoms with E-state index in [-0.39, 0.29) is 5.91 Å². The summed E-state index contributed by atoms with van der Waals surface area (Å²) in [6.07, 6.45) is 5.26. The van der Waals surface area contributed by atoms with Gasteiger partial charge in [-0.1, -0.05) is 12.2 Å². The van der Waals surface area contributed by atoms with E-state index in [9.17, 15) is 4.79 Å². The first kappa shape index (κ1) is 14.0. The maximum absolute atomic E-state index is 11.7. The van der Waals surface area contributed by atoms with Gasteiger partial charge in [-0.25, -0.2) is 4.98 Å². The number of aromatic nitrogens is 1. The highest BCUT2D eigenvalue weighted by Crippen LogP contribution is 2.25. The number of hydrogen-bond acceptors (Lipinski definition) is 4. The van der Waals surface area contributed by atoms with Crippen LogP contribution in [0.2, 0.25) is 0 Å². The first-order valence-electron chi connectivity index (χ1n) is 6.14. The van der Waals surface area contributed by atoms with Crippen LogP contribution in [-0.4, -0.2) is 17.4 Å². The largest absolute Gasteiger partial charge is 0.355 e. The molecule has 0 radical (unpaired) electrons. The molecular formula is C14H16N2OS2. The zero-order chi connectivity index (χ0) is 13.5. The molecule has 2 rings (SSSR count). The van der Waals surface area contributed by atoms with E-state index in [0.29, 0.717) is 13.0 Å². The summed E-state index contributed by atoms with van der Waals surface area (Å²) in [6.45, 7) is 2.66. The summed E-state index contributed by atoms with van der Waals surface area (Å²) in [6, 6.07) is 2.05. The van der Waals surface area contributed by atoms with Gasteiger partial charge in [0.05, 0.1) is 12.1 Å². The second-order valence-electron chi connectivity index (χ2n) is 4.04. The molecule has 2 aromatic rings. The van der Waals surface area contributed by atoms with Gasteiger partial charge in [-0.05, 0) is 24.8 Å². The zero-order valence-corrected chi connectivity index (χ0v) is 12.4. The molecular weight excluding hydrogens is 276 g/mol. The fourth-order valence-electron chi connectivity index (χ4n) is 1.60. The molecule has 0 saturated carbocycles. The van der Waals surface area contributed by atoms with Gasteiger partial charge in [0.25, 0.3) is 0 Å². The number of amides is 1. The molecule has 2 heterocycles. The predicted molar refractivity (Wildman–Crippen MR) is 81.6 cm³/mol. The fourth-order valence-corrected chi connectivity index (χ4v) is 3.13. The maximum atomic E-state index is 11.7. The molecule has 0 saturated heterocycles. The molecule has 0 aliphatic heterocycles. The van der Waals surface area contributed by atoms with Crippen LogP contribution in [0.1, 0.15) is 19.0 Å². The molecule has 1 amide bonds. The quantitative estimate of drug-likeness (QED) is 0.654. The Kier molecular flexibility index (Phi) is 5.30. The van der Waals surface area contributed by atoms with Crippen molar-refractivity contribution < 1.29 is 4.79 Å². The van der Waals surface area contributed by atoms with Crippen molar-refractivity contribution in [2.75, 3.05) is 6.54 Å². The van der Waals surface area contributed by atoms with E-state index < -0.39 is 0 Å². The summed E-state index contributed by atoms with van der Waals surface area (Å²) in [7, 11) is 0. The molecule has 1 N–H and O–H groups in total. The molecule has 0 fully saturated rings. The van der Waals surface area contributed by atoms with Gasteiger partial charge in [0.15, 0.2) is 0 Å². The summed E-state index contributed by atoms with van der Waals surface area (Å²) in [5, 5.41) is 9.93. The van der Waals surface area contributed by atoms with Crippen LogP contribution in [0.4, 0.5) is 0 Å². The number of nitrogens with zero attached hydrogens (tertiary/aromatic N) is 1. The molecule has 19 heavy (non-hydrogen) atoms. The number of allylic oxidation sites excluding steroid dienone is 1. The van der Waals surface area contributed by atoms with E-state index in [2.05, 4.69) is 15.7 Å². The van der Waals surface area contributed by atoms with Gasteiger partial charge >= 0.3 is 0 Å². The second kappa shape index (κ2) is 7.21. The highest BCUT2D eigenvalue weighted by Gasteiger charge is 2.08. The van der Waals surface area contributed by atoms with E-state index in [1.807, 2.05) is 35.9 Å². The maximum Gasteiger partial charge on any atom is 0.226 e. The minimum Gasteiger partial charge on any atom is -0.355 e. The molecule has 100 valence electrons. The summed E-state index contributed by atoms with van der Waals surface area (Å²) in [4.78, 5) is 16.2. The summed E-state index contributed by atoms with van der Waals surface area (Å²) < 4.78 is 0. The molecule has 0 aliphatic carbocycles. The van der Waals surface area contributed by atoms with Crippen LogP contribution >= 0.6 is 22.7 Å². The van der Waals surface area contributed by atoms with Crippen molar-refractivity contribution in [3.8, 4) is 10.6 Å². The van der Waals surface area contributed by atoms with Crippen molar-refractivity contribution in [3.63, 3.8) is 0 Å². The number of thiophene rings is 1. The lowest BCUT2D eigenvalue weighted by molar-refractivity contribution is -0.120. The average molecular weight is 292 g/mol. The van der Waals surface area contributed by atoms with E-state index in [1.165, 1.54) is 0 Å². The summed E-state index contributed by atoms with van der Waals surface area (Å²) >= 11 is 3.24. The van der Waals surface area contributed by atoms with Crippen molar-refractivity contribution in [2.45, 2.75) is 19.8 Å². The van der Waals surface area contributed by atoms with Crippen molar-refractivity contribution >= 4 is 28.6 Å². The summed E-state index contributed by atoms with van der Waals surface area (Å²) in [5.41, 5.74) is 1.98. The van der Waals surface area contributed by atoms with Gasteiger partial charge in [0.2, 0.25) is 5.91 Å². The fraction of sp³-hybridized carbons (Fsp3) is 0.286. The average Bonchev–Trinajstić information content (AvgIpc) is 3.04. The Morgan fingerprint density at radius 3 is 3.11 bits per heavy atom. The lowest BCUT2D eigenvalue weighted by Gasteiger charge is -2.01. The molecule has 2 aromatic heterocycles. The Hall–Kier alpha value is -1.46. The van der Waals surface area contributed by atoms with Gasteiger partial charge in [0.1, 0.15) is 5.01 Å². The van der Waals surface area contributed by atoms with E-state index in [4.69, 9.17) is 0 Å². The Labute approximate surface area is 121 Å². The van der Waals surface area contributed by atoms with Crippen LogP contribution in [0.15, 0.2) is 34.4 Å². The third kappa shape index (κ3) is 4.29. The van der Waals surface area contributed by atoms with Crippen LogP contribution in [0.3, 0.4) is 0 Å². The Bertz CT molecular complexity index is 544. The van der Waals surface area contributed by atoms with Gasteiger partial charge in [-0.15, -0.1) is 11.3 Å². The molecule has 0 bridgehead atoms. The Morgan fingerprint density at radius 1 is 1.47 bits per heavy atom. The third-order valence-electron chi connectivity index (χ3n) is 2.53. The van der Waals surface area contributed by atoms with Crippen LogP contribution in [-0.2, 0) is 11.2 Å². The number of rotatable bonds is 6. The second-order valence-corrected chi connectivity index (χ2v) is 5.68. The van der Waals surface area contributed by atoms with E-state index in [0.717, 1.165) is 22.7 Å². The minimum atomic E-state index is 0.0340. The normalized spacial score (nSPS) is 11.0. The molecule has 0 aliphatic rings. The number of thiazole rings is 1. The lowest BCUT2D eigenvalue weighted by Crippen LogP contribution is -2.25. The lowest BCUT2D eigenvalue weighted by atomic mass is 10.3. The number of carbonyl (C=O) groups is 1. The topological polar surface area (TPSA) is 42.0 Å². The first-order chi connectivity index (χ1) is 9.29. The SMILES string of the molecule is C/C=C/CCNC(=O)Cc1csc(-c2ccsc2)n1. The molecule has 0 spiro atoms. The first-order valence-corrected chi connectivity index (χ1v) is 7.96. The van der Waals surface area contributed by atoms with Crippen molar-refractivity contribution in [3.05, 3.63) is 40.1 Å². The molecule has 0 atom stereocenters. The van der Waals surface area contributed by atoms with Crippen LogP contribution in [0.25, 0.3) is 10.6 Å². The number of nitrogens with one attached hydrogen (secondary N) is 1. The monoisotopic (exact) mass is 292 g/mol. The third-order valence-corrected chi connectivity index (χ3v) is 4.15. The van der Waals surface area contributed by atoms with E-state index >= 15 is 0 Å². The van der Waals surface area contributed by atoms with E-state index in [1.54, 1.807) is 22.7 Å². The van der Waals surface area contributed by atoms with Gasteiger partial charge < -0.3 is 5.32 Å². The van der Waals surface area contributed by atoms with Crippen LogP contribution in [0, 0.1) is 0 Å². The highest BCUT2D eigenvalue weighted by molar-refractivity contribution is 7.14. The Balaban J connectivity index is 1.84. The van der Waals surface area contributed by atoms with Crippen molar-refractivity contribution in [2.24, 2.45) is 0 Å². The van der Waals surface area contributed by atoms with Crippen LogP contribution < -0.4 is 5.32 Å². The van der Waals surface area contributed by atoms with Gasteiger partial charge in [0, 0.05) is 22.9 Å². The van der Waals surface area contributed by atoms with Crippen molar-refractivity contribution in [1.82, 2.24) is 10.3 Å². The van der Waals surface area contributed by atoms with Crippen LogP contribution in [0.5, 0.6) is 0 Å². The summed E-state index contributed by atoms with van der Waals surface area (Å²) in [5.74, 6) is 0.0340. The van der Waals surface area contributed by atoms with Gasteiger partial charge in [-0.2, -0.15) is 11.3 Å². The molecule has 0 aromatic carbocycles. The van der Waals surface area contributed by atoms with Crippen molar-refractivity contribution in [1.29, 1.82) is 0 Å². The standard InChI is InChI=1S/C14H16N2OS2/c1-2-3-4-6-15-13(17)8-12-10-19-14(16-12)11-5-7-18-9-11/h2-3,5,7,9-10H,4,6,8H2,1H3,(H,15,17)/b3-2+. The van der Waals surface area contributed by atoms with Gasteiger partial charge in [-0.3, -0.25) is 4.79 Å². The zero-order valence-electron chi connectivity index (χ0n) is 10.8. The molecule has 3 nitrogen and oxygen atoms in total. The highest BCUT2D eigenvalue weighted by atomic mass is 32.1. The number of carbonyl (C=O) groups excluding carboxylic acids is 1. The predicted octanol–water partition coefficient (Wildman–Crippen LogP) is 3.50. The molecule has 0 unspecified atom stereocenters.